The number of nitrogens with one attached hydrogen (secondary N) is 1. The molecule has 5 nitrogen and oxygen atoms in total. The summed E-state index contributed by atoms with van der Waals surface area (Å²) in [5.74, 6) is -0.893. The summed E-state index contributed by atoms with van der Waals surface area (Å²) < 4.78 is 0. The van der Waals surface area contributed by atoms with Crippen LogP contribution in [0.3, 0.4) is 0 Å². The van der Waals surface area contributed by atoms with E-state index in [1.807, 2.05) is 38.1 Å². The van der Waals surface area contributed by atoms with Crippen molar-refractivity contribution in [1.29, 1.82) is 0 Å². The van der Waals surface area contributed by atoms with Gasteiger partial charge in [-0.3, -0.25) is 9.78 Å². The van der Waals surface area contributed by atoms with Gasteiger partial charge in [-0.05, 0) is 19.4 Å². The number of pyridine rings is 1. The van der Waals surface area contributed by atoms with Gasteiger partial charge in [-0.2, -0.15) is 0 Å². The number of carboxylic acids is 1. The van der Waals surface area contributed by atoms with Crippen LogP contribution >= 0.6 is 0 Å². The zero-order valence-electron chi connectivity index (χ0n) is 12.3. The number of rotatable bonds is 6. The maximum absolute atomic E-state index is 11.1. The van der Waals surface area contributed by atoms with E-state index >= 15 is 0 Å². The van der Waals surface area contributed by atoms with Crippen LogP contribution in [0.25, 0.3) is 10.9 Å². The molecule has 0 aliphatic rings. The van der Waals surface area contributed by atoms with Crippen molar-refractivity contribution in [3.8, 4) is 0 Å². The minimum absolute atomic E-state index is 0.00128. The van der Waals surface area contributed by atoms with Crippen LogP contribution in [0.15, 0.2) is 24.3 Å². The van der Waals surface area contributed by atoms with Gasteiger partial charge in [-0.15, -0.1) is 0 Å². The lowest BCUT2D eigenvalue weighted by atomic mass is 10.0. The average molecular weight is 288 g/mol. The number of anilines is 1. The molecule has 0 fully saturated rings. The van der Waals surface area contributed by atoms with Gasteiger partial charge in [0.15, 0.2) is 0 Å². The number of nitrogens with zero attached hydrogens (tertiary/aromatic N) is 1. The van der Waals surface area contributed by atoms with Gasteiger partial charge in [0.1, 0.15) is 0 Å². The number of aryl methyl sites for hydroxylation is 1. The molecule has 0 aliphatic heterocycles. The van der Waals surface area contributed by atoms with Gasteiger partial charge in [-0.25, -0.2) is 0 Å². The molecule has 0 amide bonds. The number of benzene rings is 1. The molecular weight excluding hydrogens is 268 g/mol. The highest BCUT2D eigenvalue weighted by molar-refractivity contribution is 5.95. The van der Waals surface area contributed by atoms with E-state index in [4.69, 9.17) is 5.11 Å². The molecule has 3 N–H and O–H groups in total. The minimum Gasteiger partial charge on any atom is -0.481 e. The Hall–Kier alpha value is -2.14. The van der Waals surface area contributed by atoms with Crippen LogP contribution < -0.4 is 5.32 Å². The predicted molar refractivity (Wildman–Crippen MR) is 82.6 cm³/mol. The van der Waals surface area contributed by atoms with E-state index in [2.05, 4.69) is 10.3 Å². The first-order valence-corrected chi connectivity index (χ1v) is 7.04. The number of hydrogen-bond acceptors (Lipinski definition) is 4. The Morgan fingerprint density at radius 1 is 1.38 bits per heavy atom. The Labute approximate surface area is 123 Å². The summed E-state index contributed by atoms with van der Waals surface area (Å²) in [7, 11) is 0. The molecule has 1 atom stereocenters. The van der Waals surface area contributed by atoms with Crippen LogP contribution in [-0.2, 0) is 11.2 Å². The second-order valence-corrected chi connectivity index (χ2v) is 5.07. The summed E-state index contributed by atoms with van der Waals surface area (Å²) in [6.07, 6.45) is 0.659. The number of aliphatic hydroxyl groups excluding tert-OH is 1. The first-order chi connectivity index (χ1) is 10.1. The molecular formula is C16H20N2O3. The highest BCUT2D eigenvalue weighted by atomic mass is 16.4. The molecule has 0 saturated carbocycles. The van der Waals surface area contributed by atoms with Crippen LogP contribution in [0.2, 0.25) is 0 Å². The molecule has 1 unspecified atom stereocenters. The van der Waals surface area contributed by atoms with Crippen molar-refractivity contribution < 1.29 is 15.0 Å². The molecule has 5 heteroatoms. The van der Waals surface area contributed by atoms with E-state index in [0.29, 0.717) is 11.3 Å². The number of carboxylic acid groups (broad SMARTS) is 1. The summed E-state index contributed by atoms with van der Waals surface area (Å²) in [6, 6.07) is 7.51. The third kappa shape index (κ3) is 3.31. The summed E-state index contributed by atoms with van der Waals surface area (Å²) >= 11 is 0. The number of aliphatic carboxylic acids is 1. The van der Waals surface area contributed by atoms with Gasteiger partial charge in [0.05, 0.1) is 18.5 Å². The number of hydrogen-bond donors (Lipinski definition) is 3. The van der Waals surface area contributed by atoms with Gasteiger partial charge in [-0.1, -0.05) is 25.1 Å². The number of carbonyl (C=O) groups is 1. The van der Waals surface area contributed by atoms with Crippen molar-refractivity contribution in [2.24, 2.45) is 0 Å². The van der Waals surface area contributed by atoms with E-state index in [1.165, 1.54) is 0 Å². The van der Waals surface area contributed by atoms with Crippen molar-refractivity contribution in [3.63, 3.8) is 0 Å². The molecule has 112 valence electrons. The predicted octanol–water partition coefficient (Wildman–Crippen LogP) is 2.35. The van der Waals surface area contributed by atoms with Gasteiger partial charge in [0.2, 0.25) is 0 Å². The molecule has 0 radical (unpaired) electrons. The first-order valence-electron chi connectivity index (χ1n) is 7.04. The third-order valence-electron chi connectivity index (χ3n) is 3.59. The molecule has 0 aliphatic carbocycles. The van der Waals surface area contributed by atoms with Crippen molar-refractivity contribution in [3.05, 3.63) is 35.5 Å². The molecule has 0 spiro atoms. The lowest BCUT2D eigenvalue weighted by Crippen LogP contribution is -2.24. The van der Waals surface area contributed by atoms with Crippen molar-refractivity contribution >= 4 is 22.6 Å². The molecule has 0 saturated heterocycles. The second-order valence-electron chi connectivity index (χ2n) is 5.07. The molecule has 2 aromatic rings. The van der Waals surface area contributed by atoms with Gasteiger partial charge in [0.25, 0.3) is 0 Å². The SMILES string of the molecule is CCC(CO)Nc1c(CC(=O)O)c(C)nc2ccccc12. The number of fused-ring (bicyclic) bond motifs is 1. The summed E-state index contributed by atoms with van der Waals surface area (Å²) in [5.41, 5.74) is 2.96. The molecule has 1 aromatic carbocycles. The van der Waals surface area contributed by atoms with Crippen LogP contribution in [-0.4, -0.2) is 33.8 Å². The number of aliphatic hydroxyl groups is 1. The normalized spacial score (nSPS) is 12.3. The summed E-state index contributed by atoms with van der Waals surface area (Å²) in [4.78, 5) is 15.6. The monoisotopic (exact) mass is 288 g/mol. The largest absolute Gasteiger partial charge is 0.481 e. The third-order valence-corrected chi connectivity index (χ3v) is 3.59. The lowest BCUT2D eigenvalue weighted by Gasteiger charge is -2.21. The fourth-order valence-electron chi connectivity index (χ4n) is 2.39. The Morgan fingerprint density at radius 3 is 2.71 bits per heavy atom. The van der Waals surface area contributed by atoms with E-state index in [9.17, 15) is 9.90 Å². The van der Waals surface area contributed by atoms with E-state index < -0.39 is 5.97 Å². The standard InChI is InChI=1S/C16H20N2O3/c1-3-11(9-19)18-16-12-6-4-5-7-14(12)17-10(2)13(16)8-15(20)21/h4-7,11,19H,3,8-9H2,1-2H3,(H,17,18)(H,20,21). The van der Waals surface area contributed by atoms with Gasteiger partial charge >= 0.3 is 5.97 Å². The number of para-hydroxylation sites is 1. The van der Waals surface area contributed by atoms with Crippen molar-refractivity contribution in [2.45, 2.75) is 32.7 Å². The maximum Gasteiger partial charge on any atom is 0.307 e. The molecule has 1 heterocycles. The lowest BCUT2D eigenvalue weighted by molar-refractivity contribution is -0.136. The fraction of sp³-hybridized carbons (Fsp3) is 0.375. The summed E-state index contributed by atoms with van der Waals surface area (Å²) in [6.45, 7) is 3.79. The quantitative estimate of drug-likeness (QED) is 0.760. The van der Waals surface area contributed by atoms with Gasteiger partial charge in [0, 0.05) is 28.4 Å². The van der Waals surface area contributed by atoms with Crippen molar-refractivity contribution in [1.82, 2.24) is 4.98 Å². The molecule has 21 heavy (non-hydrogen) atoms. The minimum atomic E-state index is -0.893. The zero-order valence-corrected chi connectivity index (χ0v) is 12.3. The Bertz CT molecular complexity index is 651. The van der Waals surface area contributed by atoms with Gasteiger partial charge < -0.3 is 15.5 Å². The Morgan fingerprint density at radius 2 is 2.10 bits per heavy atom. The highest BCUT2D eigenvalue weighted by Gasteiger charge is 2.17. The van der Waals surface area contributed by atoms with Crippen LogP contribution in [0.1, 0.15) is 24.6 Å². The zero-order chi connectivity index (χ0) is 15.4. The maximum atomic E-state index is 11.1. The molecule has 1 aromatic heterocycles. The van der Waals surface area contributed by atoms with E-state index in [0.717, 1.165) is 23.0 Å². The van der Waals surface area contributed by atoms with E-state index in [-0.39, 0.29) is 19.1 Å². The van der Waals surface area contributed by atoms with Crippen molar-refractivity contribution in [2.75, 3.05) is 11.9 Å². The average Bonchev–Trinajstić information content (AvgIpc) is 2.47. The summed E-state index contributed by atoms with van der Waals surface area (Å²) in [5, 5.41) is 22.7. The molecule has 2 rings (SSSR count). The second kappa shape index (κ2) is 6.54. The topological polar surface area (TPSA) is 82.5 Å². The van der Waals surface area contributed by atoms with Crippen LogP contribution in [0.5, 0.6) is 0 Å². The molecule has 0 bridgehead atoms. The fourth-order valence-corrected chi connectivity index (χ4v) is 2.39. The Balaban J connectivity index is 2.62. The van der Waals surface area contributed by atoms with Crippen LogP contribution in [0, 0.1) is 6.92 Å². The first kappa shape index (κ1) is 15.3. The van der Waals surface area contributed by atoms with E-state index in [1.54, 1.807) is 0 Å². The Kier molecular flexibility index (Phi) is 4.75. The van der Waals surface area contributed by atoms with Crippen LogP contribution in [0.4, 0.5) is 5.69 Å². The smallest absolute Gasteiger partial charge is 0.307 e. The number of aromatic nitrogens is 1. The highest BCUT2D eigenvalue weighted by Crippen LogP contribution is 2.29.